The van der Waals surface area contributed by atoms with Gasteiger partial charge in [0, 0.05) is 4.88 Å². The van der Waals surface area contributed by atoms with Crippen molar-refractivity contribution >= 4 is 23.0 Å². The second-order valence-corrected chi connectivity index (χ2v) is 4.98. The van der Waals surface area contributed by atoms with Crippen LogP contribution in [0.5, 0.6) is 11.5 Å². The van der Waals surface area contributed by atoms with E-state index in [1.165, 1.54) is 18.4 Å². The summed E-state index contributed by atoms with van der Waals surface area (Å²) < 4.78 is 15.4. The van der Waals surface area contributed by atoms with Crippen LogP contribution in [0.25, 0.3) is 10.4 Å². The number of methoxy groups -OCH3 is 3. The molecule has 1 aromatic heterocycles. The van der Waals surface area contributed by atoms with Crippen molar-refractivity contribution in [2.24, 2.45) is 0 Å². The maximum atomic E-state index is 11.6. The Labute approximate surface area is 120 Å². The van der Waals surface area contributed by atoms with E-state index in [1.807, 2.05) is 18.2 Å². The molecule has 106 valence electrons. The molecule has 2 rings (SSSR count). The van der Waals surface area contributed by atoms with Crippen LogP contribution in [0.3, 0.4) is 0 Å². The molecule has 0 atom stereocenters. The van der Waals surface area contributed by atoms with Crippen LogP contribution < -0.4 is 15.2 Å². The SMILES string of the molecule is COC(=O)c1sc(-c2c(OC)cccc2OC)cc1N. The number of carbonyl (C=O) groups excluding carboxylic acids is 1. The highest BCUT2D eigenvalue weighted by atomic mass is 32.1. The van der Waals surface area contributed by atoms with Gasteiger partial charge in [0.05, 0.1) is 32.6 Å². The van der Waals surface area contributed by atoms with Crippen LogP contribution in [0.2, 0.25) is 0 Å². The Balaban J connectivity index is 2.60. The molecule has 0 aliphatic heterocycles. The van der Waals surface area contributed by atoms with E-state index in [0.29, 0.717) is 22.1 Å². The van der Waals surface area contributed by atoms with Gasteiger partial charge in [0.2, 0.25) is 0 Å². The third-order valence-electron chi connectivity index (χ3n) is 2.81. The third kappa shape index (κ3) is 2.42. The summed E-state index contributed by atoms with van der Waals surface area (Å²) in [5.74, 6) is 0.858. The van der Waals surface area contributed by atoms with E-state index in [2.05, 4.69) is 0 Å². The lowest BCUT2D eigenvalue weighted by Gasteiger charge is -2.11. The highest BCUT2D eigenvalue weighted by molar-refractivity contribution is 7.18. The third-order valence-corrected chi connectivity index (χ3v) is 3.95. The summed E-state index contributed by atoms with van der Waals surface area (Å²) in [6, 6.07) is 7.20. The van der Waals surface area contributed by atoms with E-state index >= 15 is 0 Å². The summed E-state index contributed by atoms with van der Waals surface area (Å²) >= 11 is 1.24. The van der Waals surface area contributed by atoms with E-state index in [4.69, 9.17) is 19.9 Å². The lowest BCUT2D eigenvalue weighted by atomic mass is 10.1. The largest absolute Gasteiger partial charge is 0.496 e. The van der Waals surface area contributed by atoms with Crippen LogP contribution in [0.1, 0.15) is 9.67 Å². The first kappa shape index (κ1) is 14.2. The number of esters is 1. The van der Waals surface area contributed by atoms with E-state index < -0.39 is 5.97 Å². The van der Waals surface area contributed by atoms with Crippen LogP contribution in [0.15, 0.2) is 24.3 Å². The number of hydrogen-bond acceptors (Lipinski definition) is 6. The van der Waals surface area contributed by atoms with Gasteiger partial charge >= 0.3 is 5.97 Å². The van der Waals surface area contributed by atoms with Gasteiger partial charge in [-0.05, 0) is 18.2 Å². The molecule has 0 fully saturated rings. The minimum atomic E-state index is -0.451. The molecular formula is C14H15NO4S. The van der Waals surface area contributed by atoms with Crippen molar-refractivity contribution in [2.75, 3.05) is 27.1 Å². The van der Waals surface area contributed by atoms with Crippen LogP contribution in [-0.2, 0) is 4.74 Å². The predicted octanol–water partition coefficient (Wildman–Crippen LogP) is 2.80. The van der Waals surface area contributed by atoms with Crippen LogP contribution >= 0.6 is 11.3 Å². The highest BCUT2D eigenvalue weighted by Crippen LogP contribution is 2.43. The topological polar surface area (TPSA) is 70.8 Å². The Morgan fingerprint density at radius 1 is 1.15 bits per heavy atom. The zero-order valence-electron chi connectivity index (χ0n) is 11.4. The molecule has 0 unspecified atom stereocenters. The minimum absolute atomic E-state index is 0.371. The maximum absolute atomic E-state index is 11.6. The Morgan fingerprint density at radius 3 is 2.25 bits per heavy atom. The molecule has 0 radical (unpaired) electrons. The second-order valence-electron chi connectivity index (χ2n) is 3.92. The Morgan fingerprint density at radius 2 is 1.75 bits per heavy atom. The number of ether oxygens (including phenoxy) is 3. The zero-order valence-corrected chi connectivity index (χ0v) is 12.2. The first-order valence-corrected chi connectivity index (χ1v) is 6.63. The molecule has 0 bridgehead atoms. The lowest BCUT2D eigenvalue weighted by Crippen LogP contribution is -2.00. The fraction of sp³-hybridized carbons (Fsp3) is 0.214. The molecule has 0 saturated carbocycles. The van der Waals surface area contributed by atoms with Crippen molar-refractivity contribution in [1.82, 2.24) is 0 Å². The number of nitrogens with two attached hydrogens (primary N) is 1. The maximum Gasteiger partial charge on any atom is 0.350 e. The van der Waals surface area contributed by atoms with Crippen molar-refractivity contribution in [1.29, 1.82) is 0 Å². The van der Waals surface area contributed by atoms with Gasteiger partial charge in [-0.25, -0.2) is 4.79 Å². The molecular weight excluding hydrogens is 278 g/mol. The number of rotatable bonds is 4. The number of anilines is 1. The predicted molar refractivity (Wildman–Crippen MR) is 78.6 cm³/mol. The molecule has 6 heteroatoms. The fourth-order valence-electron chi connectivity index (χ4n) is 1.87. The normalized spacial score (nSPS) is 10.2. The quantitative estimate of drug-likeness (QED) is 0.878. The molecule has 0 aliphatic carbocycles. The molecule has 20 heavy (non-hydrogen) atoms. The molecule has 0 amide bonds. The van der Waals surface area contributed by atoms with E-state index in [1.54, 1.807) is 20.3 Å². The number of nitrogen functional groups attached to an aromatic ring is 1. The highest BCUT2D eigenvalue weighted by Gasteiger charge is 2.20. The zero-order chi connectivity index (χ0) is 14.7. The first-order valence-electron chi connectivity index (χ1n) is 5.81. The number of benzene rings is 1. The number of thiophene rings is 1. The van der Waals surface area contributed by atoms with Crippen molar-refractivity contribution < 1.29 is 19.0 Å². The summed E-state index contributed by atoms with van der Waals surface area (Å²) in [4.78, 5) is 12.8. The van der Waals surface area contributed by atoms with Gasteiger partial charge < -0.3 is 19.9 Å². The minimum Gasteiger partial charge on any atom is -0.496 e. The van der Waals surface area contributed by atoms with E-state index in [0.717, 1.165) is 10.4 Å². The lowest BCUT2D eigenvalue weighted by molar-refractivity contribution is 0.0607. The van der Waals surface area contributed by atoms with Gasteiger partial charge in [0.1, 0.15) is 16.4 Å². The summed E-state index contributed by atoms with van der Waals surface area (Å²) in [7, 11) is 4.48. The molecule has 0 aliphatic rings. The number of hydrogen-bond donors (Lipinski definition) is 1. The summed E-state index contributed by atoms with van der Waals surface area (Å²) in [6.45, 7) is 0. The Kier molecular flexibility index (Phi) is 4.14. The number of carbonyl (C=O) groups is 1. The van der Waals surface area contributed by atoms with Crippen molar-refractivity contribution in [2.45, 2.75) is 0 Å². The summed E-state index contributed by atoms with van der Waals surface area (Å²) in [6.07, 6.45) is 0. The van der Waals surface area contributed by atoms with Gasteiger partial charge in [-0.1, -0.05) is 6.07 Å². The van der Waals surface area contributed by atoms with Crippen LogP contribution in [0, 0.1) is 0 Å². The average molecular weight is 293 g/mol. The Bertz CT molecular complexity index is 614. The first-order chi connectivity index (χ1) is 9.62. The standard InChI is InChI=1S/C14H15NO4S/c1-17-9-5-4-6-10(18-2)12(9)11-7-8(15)13(20-11)14(16)19-3/h4-7H,15H2,1-3H3. The van der Waals surface area contributed by atoms with Gasteiger partial charge in [-0.2, -0.15) is 0 Å². The monoisotopic (exact) mass is 293 g/mol. The van der Waals surface area contributed by atoms with Crippen LogP contribution in [0.4, 0.5) is 5.69 Å². The molecule has 5 nitrogen and oxygen atoms in total. The summed E-state index contributed by atoms with van der Waals surface area (Å²) in [5.41, 5.74) is 7.01. The van der Waals surface area contributed by atoms with Gasteiger partial charge in [-0.3, -0.25) is 0 Å². The Hall–Kier alpha value is -2.21. The molecule has 1 aromatic carbocycles. The van der Waals surface area contributed by atoms with Gasteiger partial charge in [-0.15, -0.1) is 11.3 Å². The van der Waals surface area contributed by atoms with Crippen molar-refractivity contribution in [3.05, 3.63) is 29.1 Å². The van der Waals surface area contributed by atoms with Crippen molar-refractivity contribution in [3.63, 3.8) is 0 Å². The van der Waals surface area contributed by atoms with Crippen molar-refractivity contribution in [3.8, 4) is 21.9 Å². The summed E-state index contributed by atoms with van der Waals surface area (Å²) in [5, 5.41) is 0. The van der Waals surface area contributed by atoms with E-state index in [9.17, 15) is 4.79 Å². The van der Waals surface area contributed by atoms with E-state index in [-0.39, 0.29) is 0 Å². The molecule has 0 saturated heterocycles. The van der Waals surface area contributed by atoms with Gasteiger partial charge in [0.25, 0.3) is 0 Å². The van der Waals surface area contributed by atoms with Crippen LogP contribution in [-0.4, -0.2) is 27.3 Å². The fourth-order valence-corrected chi connectivity index (χ4v) is 2.93. The molecule has 0 spiro atoms. The van der Waals surface area contributed by atoms with Gasteiger partial charge in [0.15, 0.2) is 0 Å². The average Bonchev–Trinajstić information content (AvgIpc) is 2.86. The molecule has 2 N–H and O–H groups in total. The molecule has 2 aromatic rings. The second kappa shape index (κ2) is 5.83. The molecule has 1 heterocycles. The smallest absolute Gasteiger partial charge is 0.350 e.